The third-order valence-corrected chi connectivity index (χ3v) is 20.4. The number of nitrogens with one attached hydrogen (secondary N) is 2. The number of aromatic nitrogens is 5. The highest BCUT2D eigenvalue weighted by Crippen LogP contribution is 2.46. The van der Waals surface area contributed by atoms with Crippen LogP contribution in [0, 0.1) is 22.7 Å². The van der Waals surface area contributed by atoms with E-state index in [0.29, 0.717) is 111 Å². The summed E-state index contributed by atoms with van der Waals surface area (Å²) in [5, 5.41) is 67.2. The number of imide groups is 2. The van der Waals surface area contributed by atoms with Crippen LogP contribution in [0.5, 0.6) is 11.5 Å². The molecule has 0 unspecified atom stereocenters. The van der Waals surface area contributed by atoms with E-state index in [1.54, 1.807) is 24.3 Å². The molecule has 7 heterocycles. The van der Waals surface area contributed by atoms with Gasteiger partial charge < -0.3 is 64.3 Å². The number of morpholine rings is 2. The molecule has 0 radical (unpaired) electrons. The standard InChI is InChI=1S/C65H68N20O16S4/c1-7-79(8-2)45-31-41(43(33-47(45)98-5)75-77-64-70-55(81-19-25-100-26-20-81)49(102-64)29-37(35-66)84-57(88)39-13-11-15-51(104(92,93)94)53(39)59(84)90)68-61-72-62(74-63(73-61)83(17-23-86)18-24-87)69-42-32-46(80(9-3)10-4)48(99-6)34-44(42)76-78-65-71-56(82-21-27-101-28-22-82)50(103-65)30-38(36-67)85-58(89)40-14-12-16-52(105(95,96)97)54(40)60(85)91/h11-16,29-34,86-87H,7-10,17-28H2,1-6H3,(H,92,93,94)(H,95,96,97)(H2,68,69,72,73,74)/b37-29+,38-30+,77-75?,78-76?. The number of anilines is 9. The van der Waals surface area contributed by atoms with Gasteiger partial charge >= 0.3 is 0 Å². The number of aliphatic hydroxyl groups excluding tert-OH is 2. The van der Waals surface area contributed by atoms with E-state index in [-0.39, 0.29) is 110 Å². The van der Waals surface area contributed by atoms with Crippen LogP contribution >= 0.6 is 22.7 Å². The molecular formula is C65H68N20O16S4. The van der Waals surface area contributed by atoms with Crippen molar-refractivity contribution in [3.05, 3.63) is 104 Å². The van der Waals surface area contributed by atoms with Gasteiger partial charge in [0.2, 0.25) is 28.1 Å². The van der Waals surface area contributed by atoms with Crippen LogP contribution in [-0.2, 0) is 29.7 Å². The molecule has 4 aliphatic rings. The van der Waals surface area contributed by atoms with Crippen LogP contribution < -0.4 is 44.6 Å². The van der Waals surface area contributed by atoms with E-state index in [2.05, 4.69) is 20.9 Å². The number of benzene rings is 4. The average Bonchev–Trinajstić information content (AvgIpc) is 1.60. The zero-order valence-corrected chi connectivity index (χ0v) is 60.4. The Morgan fingerprint density at radius 3 is 1.31 bits per heavy atom. The zero-order valence-electron chi connectivity index (χ0n) is 57.1. The molecule has 0 atom stereocenters. The van der Waals surface area contributed by atoms with Crippen molar-refractivity contribution in [1.82, 2.24) is 34.7 Å². The number of amides is 4. The molecule has 2 fully saturated rings. The quantitative estimate of drug-likeness (QED) is 0.0112. The fourth-order valence-electron chi connectivity index (χ4n) is 11.9. The Kier molecular flexibility index (Phi) is 23.1. The molecule has 6 N–H and O–H groups in total. The lowest BCUT2D eigenvalue weighted by Crippen LogP contribution is -2.36. The minimum atomic E-state index is -4.98. The summed E-state index contributed by atoms with van der Waals surface area (Å²) in [7, 11) is -7.00. The molecular weight excluding hydrogens is 1450 g/mol. The first-order valence-electron chi connectivity index (χ1n) is 32.5. The van der Waals surface area contributed by atoms with Gasteiger partial charge in [0.15, 0.2) is 0 Å². The number of allylic oxidation sites excluding steroid dienone is 2. The first-order chi connectivity index (χ1) is 50.5. The smallest absolute Gasteiger partial charge is 0.295 e. The Hall–Kier alpha value is -11.1. The van der Waals surface area contributed by atoms with Gasteiger partial charge in [0, 0.05) is 77.6 Å². The van der Waals surface area contributed by atoms with Gasteiger partial charge in [-0.05, 0) is 76.2 Å². The first-order valence-corrected chi connectivity index (χ1v) is 37.0. The molecule has 4 aromatic carbocycles. The highest BCUT2D eigenvalue weighted by Gasteiger charge is 2.44. The maximum atomic E-state index is 13.9. The summed E-state index contributed by atoms with van der Waals surface area (Å²) in [6.45, 7) is 11.6. The summed E-state index contributed by atoms with van der Waals surface area (Å²) in [4.78, 5) is 88.9. The normalized spacial score (nSPS) is 15.0. The van der Waals surface area contributed by atoms with Crippen LogP contribution in [0.1, 0.15) is 78.9 Å². The number of carbonyl (C=O) groups is 4. The zero-order chi connectivity index (χ0) is 75.0. The first kappa shape index (κ1) is 75.1. The predicted octanol–water partition coefficient (Wildman–Crippen LogP) is 8.09. The van der Waals surface area contributed by atoms with Crippen LogP contribution in [0.15, 0.2) is 102 Å². The number of aliphatic hydroxyl groups is 2. The molecule has 105 heavy (non-hydrogen) atoms. The molecule has 2 saturated heterocycles. The van der Waals surface area contributed by atoms with Crippen molar-refractivity contribution in [2.24, 2.45) is 20.5 Å². The molecule has 0 aliphatic carbocycles. The van der Waals surface area contributed by atoms with Crippen molar-refractivity contribution in [1.29, 1.82) is 10.5 Å². The number of carbonyl (C=O) groups excluding carboxylic acids is 4. The van der Waals surface area contributed by atoms with Gasteiger partial charge in [-0.25, -0.2) is 9.80 Å². The van der Waals surface area contributed by atoms with Gasteiger partial charge in [-0.2, -0.15) is 52.3 Å². The second kappa shape index (κ2) is 32.3. The van der Waals surface area contributed by atoms with Crippen molar-refractivity contribution in [3.8, 4) is 23.6 Å². The molecule has 0 saturated carbocycles. The highest BCUT2D eigenvalue weighted by molar-refractivity contribution is 7.86. The van der Waals surface area contributed by atoms with Crippen LogP contribution in [0.4, 0.5) is 73.9 Å². The maximum absolute atomic E-state index is 13.9. The third kappa shape index (κ3) is 15.7. The number of nitrogens with zero attached hydrogens (tertiary/aromatic N) is 18. The molecule has 3 aromatic heterocycles. The van der Waals surface area contributed by atoms with Gasteiger partial charge in [-0.1, -0.05) is 34.8 Å². The van der Waals surface area contributed by atoms with Crippen LogP contribution in [0.3, 0.4) is 0 Å². The maximum Gasteiger partial charge on any atom is 0.295 e. The van der Waals surface area contributed by atoms with E-state index in [9.17, 15) is 65.9 Å². The molecule has 36 nitrogen and oxygen atoms in total. The van der Waals surface area contributed by atoms with Crippen molar-refractivity contribution in [3.63, 3.8) is 0 Å². The highest BCUT2D eigenvalue weighted by atomic mass is 32.2. The van der Waals surface area contributed by atoms with Crippen LogP contribution in [0.25, 0.3) is 12.2 Å². The topological polar surface area (TPSA) is 463 Å². The Balaban J connectivity index is 0.995. The van der Waals surface area contributed by atoms with Crippen molar-refractivity contribution in [2.75, 3.05) is 154 Å². The Morgan fingerprint density at radius 1 is 0.581 bits per heavy atom. The summed E-state index contributed by atoms with van der Waals surface area (Å²) in [6.07, 6.45) is 2.51. The van der Waals surface area contributed by atoms with Gasteiger partial charge in [0.05, 0.1) is 109 Å². The summed E-state index contributed by atoms with van der Waals surface area (Å²) in [6, 6.07) is 17.3. The number of ether oxygens (including phenoxy) is 4. The molecule has 4 aliphatic heterocycles. The fourth-order valence-corrected chi connectivity index (χ4v) is 15.0. The number of thiazole rings is 2. The van der Waals surface area contributed by atoms with Crippen LogP contribution in [0.2, 0.25) is 0 Å². The lowest BCUT2D eigenvalue weighted by atomic mass is 10.1. The number of hydrogen-bond acceptors (Lipinski definition) is 34. The molecule has 0 bridgehead atoms. The number of rotatable bonds is 29. The van der Waals surface area contributed by atoms with Crippen molar-refractivity contribution >= 4 is 153 Å². The Morgan fingerprint density at radius 2 is 0.971 bits per heavy atom. The van der Waals surface area contributed by atoms with Gasteiger partial charge in [-0.15, -0.1) is 20.5 Å². The van der Waals surface area contributed by atoms with E-state index in [1.165, 1.54) is 55.5 Å². The molecule has 0 spiro atoms. The molecule has 7 aromatic rings. The lowest BCUT2D eigenvalue weighted by Gasteiger charge is -2.27. The van der Waals surface area contributed by atoms with E-state index in [4.69, 9.17) is 54.1 Å². The number of methoxy groups -OCH3 is 2. The third-order valence-electron chi connectivity index (χ3n) is 16.9. The summed E-state index contributed by atoms with van der Waals surface area (Å²) in [5.41, 5.74) is -0.856. The van der Waals surface area contributed by atoms with Crippen molar-refractivity contribution < 1.29 is 74.3 Å². The summed E-state index contributed by atoms with van der Waals surface area (Å²) in [5.74, 6) is -3.22. The minimum Gasteiger partial charge on any atom is -0.494 e. The van der Waals surface area contributed by atoms with Gasteiger partial charge in [0.25, 0.3) is 43.9 Å². The second-order valence-electron chi connectivity index (χ2n) is 22.8. The second-order valence-corrected chi connectivity index (χ2v) is 27.6. The van der Waals surface area contributed by atoms with Crippen molar-refractivity contribution in [2.45, 2.75) is 37.5 Å². The van der Waals surface area contributed by atoms with E-state index in [1.807, 2.05) is 59.4 Å². The summed E-state index contributed by atoms with van der Waals surface area (Å²) < 4.78 is 92.6. The fraction of sp³-hybridized carbons (Fsp3) is 0.338. The average molecular weight is 1510 g/mol. The number of fused-ring (bicyclic) bond motifs is 2. The van der Waals surface area contributed by atoms with Crippen LogP contribution in [-0.4, -0.2) is 214 Å². The molecule has 40 heteroatoms. The van der Waals surface area contributed by atoms with E-state index < -0.39 is 76.2 Å². The molecule has 548 valence electrons. The monoisotopic (exact) mass is 1510 g/mol. The number of azo groups is 2. The predicted molar refractivity (Wildman–Crippen MR) is 385 cm³/mol. The van der Waals surface area contributed by atoms with Gasteiger partial charge in [0.1, 0.15) is 67.8 Å². The SMILES string of the molecule is CCN(CC)c1cc(Nc2nc(Nc3cc(N(CC)CC)c(OC)cc3N=Nc3nc(N4CCOCC4)c(/C=C(\C#N)N4C(=O)c5cccc(S(=O)(=O)O)c5C4=O)s3)nc(N(CCO)CCO)n2)c(N=Nc2nc(N3CCOCC3)c(/C=C(\C#N)N3C(=O)c4cccc(S(=O)(=O)O)c4C3=O)s2)cc1OC. The van der Waals surface area contributed by atoms with E-state index >= 15 is 0 Å². The van der Waals surface area contributed by atoms with E-state index in [0.717, 1.165) is 34.8 Å². The number of hydrogen-bond donors (Lipinski definition) is 6. The Bertz CT molecular complexity index is 4710. The minimum absolute atomic E-state index is 0.0222. The molecule has 4 amide bonds. The lowest BCUT2D eigenvalue weighted by molar-refractivity contribution is 0.0695. The van der Waals surface area contributed by atoms with Gasteiger partial charge in [-0.3, -0.25) is 28.3 Å². The largest absolute Gasteiger partial charge is 0.494 e. The number of nitriles is 2. The summed E-state index contributed by atoms with van der Waals surface area (Å²) >= 11 is 1.88. The molecule has 11 rings (SSSR count). The Labute approximate surface area is 608 Å².